The van der Waals surface area contributed by atoms with Gasteiger partial charge in [-0.25, -0.2) is 15.0 Å². The summed E-state index contributed by atoms with van der Waals surface area (Å²) >= 11 is 0. The van der Waals surface area contributed by atoms with Gasteiger partial charge < -0.3 is 5.73 Å². The van der Waals surface area contributed by atoms with E-state index in [9.17, 15) is 0 Å². The van der Waals surface area contributed by atoms with E-state index in [4.69, 9.17) is 5.73 Å². The lowest BCUT2D eigenvalue weighted by molar-refractivity contribution is 0.831. The second-order valence-electron chi connectivity index (χ2n) is 3.33. The molecule has 5 heteroatoms. The topological polar surface area (TPSA) is 69.6 Å². The van der Waals surface area contributed by atoms with Crippen molar-refractivity contribution in [2.24, 2.45) is 5.73 Å². The quantitative estimate of drug-likeness (QED) is 0.781. The Kier molecular flexibility index (Phi) is 2.47. The van der Waals surface area contributed by atoms with Gasteiger partial charge in [-0.3, -0.25) is 4.57 Å². The summed E-state index contributed by atoms with van der Waals surface area (Å²) in [5.41, 5.74) is 6.52. The average molecular weight is 203 g/mol. The Morgan fingerprint density at radius 3 is 2.80 bits per heavy atom. The highest BCUT2D eigenvalue weighted by atomic mass is 15.1. The number of imidazole rings is 1. The molecule has 0 aromatic carbocycles. The summed E-state index contributed by atoms with van der Waals surface area (Å²) in [5, 5.41) is 0. The van der Waals surface area contributed by atoms with E-state index in [0.717, 1.165) is 23.2 Å². The number of hydrogen-bond acceptors (Lipinski definition) is 4. The lowest BCUT2D eigenvalue weighted by Crippen LogP contribution is -2.08. The summed E-state index contributed by atoms with van der Waals surface area (Å²) in [6, 6.07) is 1.91. The van der Waals surface area contributed by atoms with Crippen molar-refractivity contribution in [2.75, 3.05) is 0 Å². The Morgan fingerprint density at radius 2 is 2.13 bits per heavy atom. The molecule has 78 valence electrons. The highest BCUT2D eigenvalue weighted by molar-refractivity contribution is 5.26. The lowest BCUT2D eigenvalue weighted by Gasteiger charge is -2.06. The van der Waals surface area contributed by atoms with Crippen molar-refractivity contribution < 1.29 is 0 Å². The fraction of sp³-hybridized carbons (Fsp3) is 0.300. The smallest absolute Gasteiger partial charge is 0.142 e. The SMILES string of the molecule is Cc1cc(-n2ccnc2CN)nc(C)n1. The van der Waals surface area contributed by atoms with Crippen LogP contribution in [0.4, 0.5) is 0 Å². The van der Waals surface area contributed by atoms with Crippen molar-refractivity contribution in [1.82, 2.24) is 19.5 Å². The van der Waals surface area contributed by atoms with E-state index in [-0.39, 0.29) is 0 Å². The zero-order chi connectivity index (χ0) is 10.8. The molecule has 0 saturated heterocycles. The van der Waals surface area contributed by atoms with Crippen LogP contribution in [0.15, 0.2) is 18.5 Å². The first-order chi connectivity index (χ1) is 7.20. The molecule has 2 heterocycles. The van der Waals surface area contributed by atoms with Crippen molar-refractivity contribution in [1.29, 1.82) is 0 Å². The second-order valence-corrected chi connectivity index (χ2v) is 3.33. The molecule has 0 unspecified atom stereocenters. The van der Waals surface area contributed by atoms with Crippen LogP contribution in [0.25, 0.3) is 5.82 Å². The molecule has 0 aliphatic rings. The highest BCUT2D eigenvalue weighted by Gasteiger charge is 2.05. The number of aryl methyl sites for hydroxylation is 2. The maximum atomic E-state index is 5.58. The largest absolute Gasteiger partial charge is 0.324 e. The minimum Gasteiger partial charge on any atom is -0.324 e. The summed E-state index contributed by atoms with van der Waals surface area (Å²) < 4.78 is 1.88. The normalized spacial score (nSPS) is 10.6. The van der Waals surface area contributed by atoms with Crippen molar-refractivity contribution in [3.05, 3.63) is 35.8 Å². The van der Waals surface area contributed by atoms with Gasteiger partial charge in [-0.15, -0.1) is 0 Å². The molecule has 2 aromatic rings. The molecule has 0 radical (unpaired) electrons. The molecule has 2 rings (SSSR count). The van der Waals surface area contributed by atoms with E-state index in [0.29, 0.717) is 6.54 Å². The second kappa shape index (κ2) is 3.78. The first-order valence-corrected chi connectivity index (χ1v) is 4.75. The monoisotopic (exact) mass is 203 g/mol. The van der Waals surface area contributed by atoms with Gasteiger partial charge in [-0.1, -0.05) is 0 Å². The Labute approximate surface area is 88.0 Å². The van der Waals surface area contributed by atoms with Crippen LogP contribution >= 0.6 is 0 Å². The zero-order valence-electron chi connectivity index (χ0n) is 8.81. The van der Waals surface area contributed by atoms with Crippen molar-refractivity contribution in [3.8, 4) is 5.82 Å². The van der Waals surface area contributed by atoms with Crippen molar-refractivity contribution >= 4 is 0 Å². The maximum absolute atomic E-state index is 5.58. The molecule has 0 bridgehead atoms. The van der Waals surface area contributed by atoms with Crippen LogP contribution in [0.2, 0.25) is 0 Å². The van der Waals surface area contributed by atoms with Crippen LogP contribution in [0, 0.1) is 13.8 Å². The molecule has 0 amide bonds. The fourth-order valence-electron chi connectivity index (χ4n) is 1.51. The van der Waals surface area contributed by atoms with Crippen LogP contribution in [-0.4, -0.2) is 19.5 Å². The summed E-state index contributed by atoms with van der Waals surface area (Å²) in [4.78, 5) is 12.7. The first-order valence-electron chi connectivity index (χ1n) is 4.75. The highest BCUT2D eigenvalue weighted by Crippen LogP contribution is 2.09. The number of rotatable bonds is 2. The molecule has 0 spiro atoms. The molecule has 0 aliphatic carbocycles. The lowest BCUT2D eigenvalue weighted by atomic mass is 10.4. The predicted molar refractivity (Wildman–Crippen MR) is 56.5 cm³/mol. The molecule has 5 nitrogen and oxygen atoms in total. The van der Waals surface area contributed by atoms with E-state index in [1.54, 1.807) is 6.20 Å². The molecular formula is C10H13N5. The third-order valence-electron chi connectivity index (χ3n) is 2.10. The summed E-state index contributed by atoms with van der Waals surface area (Å²) in [6.07, 6.45) is 3.57. The molecule has 2 N–H and O–H groups in total. The fourth-order valence-corrected chi connectivity index (χ4v) is 1.51. The van der Waals surface area contributed by atoms with E-state index in [2.05, 4.69) is 15.0 Å². The molecule has 0 fully saturated rings. The average Bonchev–Trinajstić information content (AvgIpc) is 2.63. The zero-order valence-corrected chi connectivity index (χ0v) is 8.81. The Bertz CT molecular complexity index is 454. The molecule has 0 aliphatic heterocycles. The summed E-state index contributed by atoms with van der Waals surface area (Å²) in [7, 11) is 0. The van der Waals surface area contributed by atoms with E-state index < -0.39 is 0 Å². The minimum absolute atomic E-state index is 0.398. The third-order valence-corrected chi connectivity index (χ3v) is 2.10. The summed E-state index contributed by atoms with van der Waals surface area (Å²) in [5.74, 6) is 2.37. The Balaban J connectivity index is 2.53. The molecule has 2 aromatic heterocycles. The number of nitrogens with two attached hydrogens (primary N) is 1. The maximum Gasteiger partial charge on any atom is 0.142 e. The van der Waals surface area contributed by atoms with Crippen LogP contribution < -0.4 is 5.73 Å². The number of nitrogens with zero attached hydrogens (tertiary/aromatic N) is 4. The van der Waals surface area contributed by atoms with Crippen LogP contribution in [0.5, 0.6) is 0 Å². The van der Waals surface area contributed by atoms with Gasteiger partial charge in [-0.05, 0) is 13.8 Å². The molecule has 15 heavy (non-hydrogen) atoms. The van der Waals surface area contributed by atoms with Gasteiger partial charge in [-0.2, -0.15) is 0 Å². The number of aromatic nitrogens is 4. The minimum atomic E-state index is 0.398. The molecule has 0 atom stereocenters. The Morgan fingerprint density at radius 1 is 1.33 bits per heavy atom. The number of hydrogen-bond donors (Lipinski definition) is 1. The van der Waals surface area contributed by atoms with Crippen molar-refractivity contribution in [2.45, 2.75) is 20.4 Å². The van der Waals surface area contributed by atoms with Gasteiger partial charge in [0.2, 0.25) is 0 Å². The van der Waals surface area contributed by atoms with Gasteiger partial charge in [0.15, 0.2) is 0 Å². The first kappa shape index (κ1) is 9.79. The van der Waals surface area contributed by atoms with E-state index in [1.165, 1.54) is 0 Å². The summed E-state index contributed by atoms with van der Waals surface area (Å²) in [6.45, 7) is 4.21. The van der Waals surface area contributed by atoms with Crippen LogP contribution in [0.3, 0.4) is 0 Å². The van der Waals surface area contributed by atoms with Gasteiger partial charge in [0.1, 0.15) is 17.5 Å². The van der Waals surface area contributed by atoms with E-state index in [1.807, 2.05) is 30.7 Å². The third kappa shape index (κ3) is 1.87. The van der Waals surface area contributed by atoms with Gasteiger partial charge in [0, 0.05) is 24.2 Å². The standard InChI is InChI=1S/C10H13N5/c1-7-5-9(14-8(2)13-7)15-4-3-12-10(15)6-11/h3-5H,6,11H2,1-2H3. The molecule has 0 saturated carbocycles. The van der Waals surface area contributed by atoms with Crippen LogP contribution in [0.1, 0.15) is 17.3 Å². The van der Waals surface area contributed by atoms with E-state index >= 15 is 0 Å². The van der Waals surface area contributed by atoms with Gasteiger partial charge in [0.05, 0.1) is 6.54 Å². The molecular weight excluding hydrogens is 190 g/mol. The van der Waals surface area contributed by atoms with Crippen LogP contribution in [-0.2, 0) is 6.54 Å². The van der Waals surface area contributed by atoms with Gasteiger partial charge >= 0.3 is 0 Å². The van der Waals surface area contributed by atoms with Crippen molar-refractivity contribution in [3.63, 3.8) is 0 Å². The predicted octanol–water partition coefficient (Wildman–Crippen LogP) is 0.738. The Hall–Kier alpha value is -1.75. The van der Waals surface area contributed by atoms with Gasteiger partial charge in [0.25, 0.3) is 0 Å².